The van der Waals surface area contributed by atoms with Gasteiger partial charge in [-0.3, -0.25) is 14.6 Å². The molecule has 1 saturated heterocycles. The Labute approximate surface area is 202 Å². The van der Waals surface area contributed by atoms with Gasteiger partial charge in [-0.1, -0.05) is 23.8 Å². The second kappa shape index (κ2) is 9.38. The van der Waals surface area contributed by atoms with E-state index in [0.717, 1.165) is 36.2 Å². The maximum atomic E-state index is 13.5. The molecular weight excluding hydrogens is 446 g/mol. The van der Waals surface area contributed by atoms with Crippen LogP contribution in [0.25, 0.3) is 15.9 Å². The van der Waals surface area contributed by atoms with Crippen molar-refractivity contribution in [1.82, 2.24) is 19.9 Å². The van der Waals surface area contributed by atoms with Gasteiger partial charge in [-0.25, -0.2) is 9.55 Å². The summed E-state index contributed by atoms with van der Waals surface area (Å²) < 4.78 is 2.33. The Kier molecular flexibility index (Phi) is 6.15. The third kappa shape index (κ3) is 4.33. The minimum Gasteiger partial charge on any atom is -0.349 e. The normalized spacial score (nSPS) is 17.0. The Hall–Kier alpha value is -3.52. The number of aromatic nitrogens is 3. The molecule has 4 aromatic rings. The van der Waals surface area contributed by atoms with Crippen LogP contribution in [0.4, 0.5) is 5.95 Å². The number of aryl methyl sites for hydroxylation is 1. The van der Waals surface area contributed by atoms with Gasteiger partial charge in [0.1, 0.15) is 4.70 Å². The van der Waals surface area contributed by atoms with E-state index in [2.05, 4.69) is 15.2 Å². The van der Waals surface area contributed by atoms with Crippen LogP contribution in [-0.2, 0) is 4.79 Å². The second-order valence-corrected chi connectivity index (χ2v) is 9.74. The summed E-state index contributed by atoms with van der Waals surface area (Å²) in [5, 5.41) is 5.03. The number of fused-ring (bicyclic) bond motifs is 1. The predicted molar refractivity (Wildman–Crippen MR) is 136 cm³/mol. The van der Waals surface area contributed by atoms with Crippen molar-refractivity contribution in [3.63, 3.8) is 0 Å². The quantitative estimate of drug-likeness (QED) is 0.469. The summed E-state index contributed by atoms with van der Waals surface area (Å²) in [6.07, 6.45) is 5.16. The maximum absolute atomic E-state index is 13.5. The monoisotopic (exact) mass is 473 g/mol. The third-order valence-corrected chi connectivity index (χ3v) is 7.26. The van der Waals surface area contributed by atoms with Crippen LogP contribution in [0, 0.1) is 12.8 Å². The van der Waals surface area contributed by atoms with Gasteiger partial charge in [0.15, 0.2) is 0 Å². The van der Waals surface area contributed by atoms with Crippen molar-refractivity contribution in [3.05, 3.63) is 81.7 Å². The number of hydrogen-bond donors (Lipinski definition) is 1. The van der Waals surface area contributed by atoms with E-state index >= 15 is 0 Å². The zero-order valence-corrected chi connectivity index (χ0v) is 20.1. The molecule has 2 atom stereocenters. The minimum absolute atomic E-state index is 0.0156. The highest BCUT2D eigenvalue weighted by Gasteiger charge is 2.30. The largest absolute Gasteiger partial charge is 0.349 e. The van der Waals surface area contributed by atoms with Gasteiger partial charge < -0.3 is 10.2 Å². The van der Waals surface area contributed by atoms with Gasteiger partial charge in [0.25, 0.3) is 5.56 Å². The molecule has 0 aliphatic carbocycles. The van der Waals surface area contributed by atoms with Gasteiger partial charge in [-0.05, 0) is 61.9 Å². The zero-order chi connectivity index (χ0) is 23.7. The lowest BCUT2D eigenvalue weighted by Gasteiger charge is -2.34. The zero-order valence-electron chi connectivity index (χ0n) is 19.3. The summed E-state index contributed by atoms with van der Waals surface area (Å²) in [6.45, 7) is 5.25. The van der Waals surface area contributed by atoms with Crippen molar-refractivity contribution < 1.29 is 4.79 Å². The molecule has 5 rings (SSSR count). The minimum atomic E-state index is -0.186. The molecule has 0 saturated carbocycles. The van der Waals surface area contributed by atoms with Gasteiger partial charge in [-0.15, -0.1) is 11.3 Å². The fourth-order valence-corrected chi connectivity index (χ4v) is 5.22. The molecule has 0 bridgehead atoms. The number of rotatable bonds is 5. The van der Waals surface area contributed by atoms with Crippen LogP contribution >= 0.6 is 11.3 Å². The van der Waals surface area contributed by atoms with Crippen LogP contribution in [0.1, 0.15) is 36.9 Å². The number of piperidine rings is 1. The molecule has 3 aromatic heterocycles. The first-order valence-corrected chi connectivity index (χ1v) is 12.4. The van der Waals surface area contributed by atoms with Crippen LogP contribution in [0.3, 0.4) is 0 Å². The molecule has 1 aliphatic rings. The van der Waals surface area contributed by atoms with Crippen molar-refractivity contribution in [1.29, 1.82) is 0 Å². The van der Waals surface area contributed by atoms with E-state index in [0.29, 0.717) is 22.7 Å². The number of thiophene rings is 1. The molecule has 8 heteroatoms. The summed E-state index contributed by atoms with van der Waals surface area (Å²) in [4.78, 5) is 37.7. The van der Waals surface area contributed by atoms with Gasteiger partial charge >= 0.3 is 0 Å². The molecule has 0 unspecified atom stereocenters. The van der Waals surface area contributed by atoms with Crippen LogP contribution in [-0.4, -0.2) is 33.5 Å². The summed E-state index contributed by atoms with van der Waals surface area (Å²) >= 11 is 1.41. The number of amides is 1. The lowest BCUT2D eigenvalue weighted by Crippen LogP contribution is -2.45. The highest BCUT2D eigenvalue weighted by Crippen LogP contribution is 2.27. The number of hydrogen-bond acceptors (Lipinski definition) is 6. The predicted octanol–water partition coefficient (Wildman–Crippen LogP) is 4.24. The van der Waals surface area contributed by atoms with Crippen LogP contribution in [0.2, 0.25) is 0 Å². The lowest BCUT2D eigenvalue weighted by molar-refractivity contribution is -0.125. The number of anilines is 1. The average Bonchev–Trinajstić information content (AvgIpc) is 3.34. The van der Waals surface area contributed by atoms with Crippen LogP contribution in [0.5, 0.6) is 0 Å². The molecular formula is C26H27N5O2S. The Morgan fingerprint density at radius 1 is 1.21 bits per heavy atom. The van der Waals surface area contributed by atoms with E-state index in [1.54, 1.807) is 17.0 Å². The number of benzene rings is 1. The number of carbonyl (C=O) groups is 1. The Balaban J connectivity index is 1.45. The van der Waals surface area contributed by atoms with E-state index < -0.39 is 0 Å². The smallest absolute Gasteiger partial charge is 0.277 e. The molecule has 34 heavy (non-hydrogen) atoms. The SMILES string of the molecule is Cc1ccc(-n2c(N3CCC[C@H](C(=O)N[C@H](C)c4cccnc4)C3)nc3ccsc3c2=O)cc1. The molecule has 174 valence electrons. The van der Waals surface area contributed by atoms with Crippen molar-refractivity contribution in [2.24, 2.45) is 5.92 Å². The summed E-state index contributed by atoms with van der Waals surface area (Å²) in [5.74, 6) is 0.425. The van der Waals surface area contributed by atoms with Crippen molar-refractivity contribution in [3.8, 4) is 5.69 Å². The fraction of sp³-hybridized carbons (Fsp3) is 0.308. The Bertz CT molecular complexity index is 1360. The topological polar surface area (TPSA) is 80.1 Å². The standard InChI is InChI=1S/C26H27N5O2S/c1-17-7-9-21(10-8-17)31-25(33)23-22(11-14-34-23)29-26(31)30-13-4-6-20(16-30)24(32)28-18(2)19-5-3-12-27-15-19/h3,5,7-12,14-15,18,20H,4,6,13,16H2,1-2H3,(H,28,32)/t18-,20+/m1/s1. The molecule has 4 heterocycles. The molecule has 1 N–H and O–H groups in total. The van der Waals surface area contributed by atoms with Gasteiger partial charge in [0, 0.05) is 25.5 Å². The highest BCUT2D eigenvalue weighted by atomic mass is 32.1. The van der Waals surface area contributed by atoms with Gasteiger partial charge in [0.2, 0.25) is 11.9 Å². The first-order valence-electron chi connectivity index (χ1n) is 11.5. The molecule has 1 fully saturated rings. The number of carbonyl (C=O) groups excluding carboxylic acids is 1. The summed E-state index contributed by atoms with van der Waals surface area (Å²) in [6, 6.07) is 13.5. The molecule has 1 amide bonds. The number of nitrogens with zero attached hydrogens (tertiary/aromatic N) is 4. The van der Waals surface area contributed by atoms with Crippen molar-refractivity contribution in [2.75, 3.05) is 18.0 Å². The number of pyridine rings is 1. The van der Waals surface area contributed by atoms with Crippen LogP contribution in [0.15, 0.2) is 65.0 Å². The van der Waals surface area contributed by atoms with Crippen molar-refractivity contribution in [2.45, 2.75) is 32.7 Å². The fourth-order valence-electron chi connectivity index (χ4n) is 4.46. The lowest BCUT2D eigenvalue weighted by atomic mass is 9.96. The first kappa shape index (κ1) is 22.3. The Morgan fingerprint density at radius 2 is 2.03 bits per heavy atom. The van der Waals surface area contributed by atoms with Crippen LogP contribution < -0.4 is 15.8 Å². The molecule has 0 spiro atoms. The molecule has 1 aromatic carbocycles. The average molecular weight is 474 g/mol. The van der Waals surface area contributed by atoms with E-state index in [4.69, 9.17) is 4.98 Å². The molecule has 1 aliphatic heterocycles. The number of nitrogens with one attached hydrogen (secondary N) is 1. The maximum Gasteiger partial charge on any atom is 0.277 e. The van der Waals surface area contributed by atoms with E-state index in [1.165, 1.54) is 11.3 Å². The van der Waals surface area contributed by atoms with E-state index in [1.807, 2.05) is 61.7 Å². The molecule has 7 nitrogen and oxygen atoms in total. The second-order valence-electron chi connectivity index (χ2n) is 8.82. The first-order chi connectivity index (χ1) is 16.5. The summed E-state index contributed by atoms with van der Waals surface area (Å²) in [7, 11) is 0. The van der Waals surface area contributed by atoms with E-state index in [9.17, 15) is 9.59 Å². The molecule has 0 radical (unpaired) electrons. The Morgan fingerprint density at radius 3 is 2.79 bits per heavy atom. The summed E-state index contributed by atoms with van der Waals surface area (Å²) in [5.41, 5.74) is 3.51. The van der Waals surface area contributed by atoms with E-state index in [-0.39, 0.29) is 23.4 Å². The highest BCUT2D eigenvalue weighted by molar-refractivity contribution is 7.17. The van der Waals surface area contributed by atoms with Gasteiger partial charge in [0.05, 0.1) is 23.2 Å². The van der Waals surface area contributed by atoms with Crippen molar-refractivity contribution >= 4 is 33.4 Å². The third-order valence-electron chi connectivity index (χ3n) is 6.37. The van der Waals surface area contributed by atoms with Gasteiger partial charge in [-0.2, -0.15) is 0 Å².